The summed E-state index contributed by atoms with van der Waals surface area (Å²) in [4.78, 5) is 47.4. The zero-order valence-corrected chi connectivity index (χ0v) is 16.4. The highest BCUT2D eigenvalue weighted by molar-refractivity contribution is 5.92. The smallest absolute Gasteiger partial charge is 0.326 e. The van der Waals surface area contributed by atoms with E-state index in [9.17, 15) is 29.4 Å². The number of carboxylic acids is 1. The van der Waals surface area contributed by atoms with E-state index in [1.807, 2.05) is 0 Å². The van der Waals surface area contributed by atoms with Crippen LogP contribution in [0.15, 0.2) is 30.3 Å². The molecule has 0 aliphatic rings. The summed E-state index contributed by atoms with van der Waals surface area (Å²) in [7, 11) is 0. The molecular weight excluding hydrogens is 380 g/mol. The van der Waals surface area contributed by atoms with Gasteiger partial charge in [0.05, 0.1) is 19.2 Å². The van der Waals surface area contributed by atoms with Crippen molar-refractivity contribution in [2.75, 3.05) is 13.2 Å². The Morgan fingerprint density at radius 2 is 1.62 bits per heavy atom. The van der Waals surface area contributed by atoms with E-state index in [4.69, 9.17) is 5.73 Å². The Balaban J connectivity index is 2.56. The van der Waals surface area contributed by atoms with Crippen LogP contribution in [0.5, 0.6) is 0 Å². The Hall–Kier alpha value is -2.98. The SMILES string of the molecule is CC(C)C(N)C(=O)NC(CO)C(=O)NCC(=O)NC(Cc1ccccc1)C(=O)O. The predicted octanol–water partition coefficient (Wildman–Crippen LogP) is -1.62. The molecule has 1 aromatic rings. The van der Waals surface area contributed by atoms with Crippen LogP contribution in [0.1, 0.15) is 19.4 Å². The number of benzene rings is 1. The maximum absolute atomic E-state index is 12.1. The standard InChI is InChI=1S/C19H28N4O6/c1-11(2)16(20)18(27)23-14(10-24)17(26)21-9-15(25)22-13(19(28)29)8-12-6-4-3-5-7-12/h3-7,11,13-14,16,24H,8-10,20H2,1-2H3,(H,21,26)(H,22,25)(H,23,27)(H,28,29). The van der Waals surface area contributed by atoms with Crippen molar-refractivity contribution in [1.82, 2.24) is 16.0 Å². The topological polar surface area (TPSA) is 171 Å². The first kappa shape index (κ1) is 24.1. The van der Waals surface area contributed by atoms with E-state index >= 15 is 0 Å². The van der Waals surface area contributed by atoms with Crippen molar-refractivity contribution >= 4 is 23.7 Å². The van der Waals surface area contributed by atoms with Crippen molar-refractivity contribution in [2.24, 2.45) is 11.7 Å². The lowest BCUT2D eigenvalue weighted by molar-refractivity contribution is -0.141. The lowest BCUT2D eigenvalue weighted by Gasteiger charge is -2.21. The van der Waals surface area contributed by atoms with Gasteiger partial charge < -0.3 is 31.9 Å². The monoisotopic (exact) mass is 408 g/mol. The van der Waals surface area contributed by atoms with Crippen LogP contribution in [0.3, 0.4) is 0 Å². The normalized spacial score (nSPS) is 13.8. The van der Waals surface area contributed by atoms with Gasteiger partial charge in [0.25, 0.3) is 0 Å². The molecular formula is C19H28N4O6. The number of aliphatic hydroxyl groups is 1. The molecule has 0 radical (unpaired) electrons. The van der Waals surface area contributed by atoms with Gasteiger partial charge >= 0.3 is 5.97 Å². The predicted molar refractivity (Wildman–Crippen MR) is 105 cm³/mol. The van der Waals surface area contributed by atoms with E-state index in [0.717, 1.165) is 5.56 Å². The summed E-state index contributed by atoms with van der Waals surface area (Å²) >= 11 is 0. The molecule has 0 aliphatic heterocycles. The molecule has 7 N–H and O–H groups in total. The molecule has 3 atom stereocenters. The van der Waals surface area contributed by atoms with Crippen LogP contribution in [0.4, 0.5) is 0 Å². The number of rotatable bonds is 11. The van der Waals surface area contributed by atoms with Gasteiger partial charge in [0.2, 0.25) is 17.7 Å². The van der Waals surface area contributed by atoms with Crippen LogP contribution >= 0.6 is 0 Å². The summed E-state index contributed by atoms with van der Waals surface area (Å²) in [6, 6.07) is 5.47. The molecule has 0 saturated carbocycles. The second kappa shape index (κ2) is 11.8. The summed E-state index contributed by atoms with van der Waals surface area (Å²) in [5.74, 6) is -3.49. The van der Waals surface area contributed by atoms with Crippen LogP contribution in [-0.4, -0.2) is 65.2 Å². The second-order valence-corrected chi connectivity index (χ2v) is 6.88. The fourth-order valence-corrected chi connectivity index (χ4v) is 2.35. The maximum atomic E-state index is 12.1. The molecule has 29 heavy (non-hydrogen) atoms. The number of carbonyl (C=O) groups excluding carboxylic acids is 3. The van der Waals surface area contributed by atoms with Crippen LogP contribution in [-0.2, 0) is 25.6 Å². The molecule has 3 unspecified atom stereocenters. The van der Waals surface area contributed by atoms with Gasteiger partial charge in [-0.15, -0.1) is 0 Å². The van der Waals surface area contributed by atoms with Gasteiger partial charge in [-0.25, -0.2) is 4.79 Å². The summed E-state index contributed by atoms with van der Waals surface area (Å²) in [6.07, 6.45) is 0.0816. The molecule has 1 aromatic carbocycles. The Morgan fingerprint density at radius 1 is 1.00 bits per heavy atom. The molecule has 0 saturated heterocycles. The van der Waals surface area contributed by atoms with E-state index in [1.54, 1.807) is 44.2 Å². The first-order valence-electron chi connectivity index (χ1n) is 9.16. The highest BCUT2D eigenvalue weighted by Crippen LogP contribution is 2.03. The van der Waals surface area contributed by atoms with Gasteiger partial charge in [-0.3, -0.25) is 14.4 Å². The molecule has 0 bridgehead atoms. The molecule has 160 valence electrons. The first-order valence-corrected chi connectivity index (χ1v) is 9.16. The van der Waals surface area contributed by atoms with Crippen molar-refractivity contribution < 1.29 is 29.4 Å². The van der Waals surface area contributed by atoms with Gasteiger partial charge in [0.15, 0.2) is 0 Å². The zero-order valence-electron chi connectivity index (χ0n) is 16.4. The molecule has 0 spiro atoms. The summed E-state index contributed by atoms with van der Waals surface area (Å²) in [5.41, 5.74) is 6.42. The molecule has 1 rings (SSSR count). The molecule has 0 aromatic heterocycles. The average molecular weight is 408 g/mol. The van der Waals surface area contributed by atoms with Crippen LogP contribution in [0, 0.1) is 5.92 Å². The van der Waals surface area contributed by atoms with Gasteiger partial charge in [-0.2, -0.15) is 0 Å². The van der Waals surface area contributed by atoms with Crippen molar-refractivity contribution in [3.05, 3.63) is 35.9 Å². The third-order valence-corrected chi connectivity index (χ3v) is 4.18. The van der Waals surface area contributed by atoms with Gasteiger partial charge in [0, 0.05) is 6.42 Å². The number of nitrogens with two attached hydrogens (primary N) is 1. The minimum atomic E-state index is -1.28. The van der Waals surface area contributed by atoms with Crippen LogP contribution < -0.4 is 21.7 Å². The lowest BCUT2D eigenvalue weighted by atomic mass is 10.0. The largest absolute Gasteiger partial charge is 0.480 e. The van der Waals surface area contributed by atoms with E-state index < -0.39 is 55.0 Å². The van der Waals surface area contributed by atoms with Gasteiger partial charge in [-0.05, 0) is 11.5 Å². The Kier molecular flexibility index (Phi) is 9.76. The fourth-order valence-electron chi connectivity index (χ4n) is 2.35. The molecule has 0 heterocycles. The van der Waals surface area contributed by atoms with Crippen LogP contribution in [0.2, 0.25) is 0 Å². The Labute approximate surface area is 168 Å². The molecule has 0 fully saturated rings. The molecule has 10 heteroatoms. The third-order valence-electron chi connectivity index (χ3n) is 4.18. The number of nitrogens with one attached hydrogen (secondary N) is 3. The minimum absolute atomic E-state index is 0.0816. The number of aliphatic hydroxyl groups excluding tert-OH is 1. The molecule has 10 nitrogen and oxygen atoms in total. The van der Waals surface area contributed by atoms with Gasteiger partial charge in [0.1, 0.15) is 12.1 Å². The number of amides is 3. The highest BCUT2D eigenvalue weighted by atomic mass is 16.4. The van der Waals surface area contributed by atoms with Crippen LogP contribution in [0.25, 0.3) is 0 Å². The second-order valence-electron chi connectivity index (χ2n) is 6.88. The molecule has 3 amide bonds. The minimum Gasteiger partial charge on any atom is -0.480 e. The summed E-state index contributed by atoms with van der Waals surface area (Å²) < 4.78 is 0. The Bertz CT molecular complexity index is 710. The van der Waals surface area contributed by atoms with E-state index in [1.165, 1.54) is 0 Å². The van der Waals surface area contributed by atoms with Crippen molar-refractivity contribution in [2.45, 2.75) is 38.4 Å². The maximum Gasteiger partial charge on any atom is 0.326 e. The Morgan fingerprint density at radius 3 is 2.14 bits per heavy atom. The average Bonchev–Trinajstić information content (AvgIpc) is 2.69. The lowest BCUT2D eigenvalue weighted by Crippen LogP contribution is -2.55. The number of hydrogen-bond donors (Lipinski definition) is 6. The molecule has 0 aliphatic carbocycles. The number of carbonyl (C=O) groups is 4. The van der Waals surface area contributed by atoms with E-state index in [-0.39, 0.29) is 12.3 Å². The zero-order chi connectivity index (χ0) is 22.0. The number of carboxylic acid groups (broad SMARTS) is 1. The van der Waals surface area contributed by atoms with Crippen molar-refractivity contribution in [3.63, 3.8) is 0 Å². The van der Waals surface area contributed by atoms with Crippen molar-refractivity contribution in [3.8, 4) is 0 Å². The fraction of sp³-hybridized carbons (Fsp3) is 0.474. The summed E-state index contributed by atoms with van der Waals surface area (Å²) in [5, 5.41) is 25.5. The number of aliphatic carboxylic acids is 1. The third kappa shape index (κ3) is 8.28. The highest BCUT2D eigenvalue weighted by Gasteiger charge is 2.25. The quantitative estimate of drug-likeness (QED) is 0.255. The first-order chi connectivity index (χ1) is 13.6. The van der Waals surface area contributed by atoms with E-state index in [2.05, 4.69) is 16.0 Å². The summed E-state index contributed by atoms with van der Waals surface area (Å²) in [6.45, 7) is 2.27. The van der Waals surface area contributed by atoms with E-state index in [0.29, 0.717) is 0 Å². The van der Waals surface area contributed by atoms with Gasteiger partial charge in [-0.1, -0.05) is 44.2 Å². The number of hydrogen-bond acceptors (Lipinski definition) is 6. The van der Waals surface area contributed by atoms with Crippen molar-refractivity contribution in [1.29, 1.82) is 0 Å².